The average Bonchev–Trinajstić information content (AvgIpc) is 2.85. The number of nitrogens with one attached hydrogen (secondary N) is 1. The molecule has 4 nitrogen and oxygen atoms in total. The number of rotatable bonds is 0. The maximum Gasteiger partial charge on any atom is 0.162 e. The maximum absolute atomic E-state index is 13.0. The molecule has 4 heteroatoms. The quantitative estimate of drug-likeness (QED) is 0.732. The Hall–Kier alpha value is -1.45. The van der Waals surface area contributed by atoms with Crippen LogP contribution in [0, 0.1) is 16.7 Å². The molecule has 4 rings (SSSR count). The Balaban J connectivity index is 1.86. The molecule has 0 aromatic carbocycles. The van der Waals surface area contributed by atoms with Gasteiger partial charge in [-0.05, 0) is 30.6 Å². The van der Waals surface area contributed by atoms with Crippen molar-refractivity contribution >= 4 is 5.78 Å². The fourth-order valence-electron chi connectivity index (χ4n) is 5.12. The summed E-state index contributed by atoms with van der Waals surface area (Å²) in [6.07, 6.45) is 6.26. The zero-order valence-electron chi connectivity index (χ0n) is 13.8. The molecule has 1 saturated carbocycles. The van der Waals surface area contributed by atoms with Gasteiger partial charge in [-0.1, -0.05) is 33.6 Å². The smallest absolute Gasteiger partial charge is 0.162 e. The molecule has 4 aliphatic rings. The summed E-state index contributed by atoms with van der Waals surface area (Å²) >= 11 is 0. The lowest BCUT2D eigenvalue weighted by atomic mass is 9.56. The van der Waals surface area contributed by atoms with Crippen molar-refractivity contribution < 1.29 is 4.79 Å². The average molecular weight is 299 g/mol. The lowest BCUT2D eigenvalue weighted by Gasteiger charge is -2.48. The van der Waals surface area contributed by atoms with Crippen molar-refractivity contribution in [3.8, 4) is 0 Å². The van der Waals surface area contributed by atoms with E-state index in [-0.39, 0.29) is 10.8 Å². The van der Waals surface area contributed by atoms with Gasteiger partial charge in [-0.15, -0.1) is 5.11 Å². The maximum atomic E-state index is 13.0. The van der Waals surface area contributed by atoms with Gasteiger partial charge >= 0.3 is 0 Å². The molecule has 22 heavy (non-hydrogen) atoms. The fourth-order valence-corrected chi connectivity index (χ4v) is 5.12. The fraction of sp³-hybridized carbons (Fsp3) is 0.722. The number of ketones is 1. The van der Waals surface area contributed by atoms with E-state index in [1.54, 1.807) is 0 Å². The Morgan fingerprint density at radius 3 is 2.86 bits per heavy atom. The normalized spacial score (nSPS) is 36.5. The Morgan fingerprint density at radius 2 is 2.09 bits per heavy atom. The lowest BCUT2D eigenvalue weighted by molar-refractivity contribution is -0.119. The molecule has 0 unspecified atom stereocenters. The van der Waals surface area contributed by atoms with Gasteiger partial charge in [0.2, 0.25) is 0 Å². The van der Waals surface area contributed by atoms with Crippen molar-refractivity contribution in [2.24, 2.45) is 27.0 Å². The topological polar surface area (TPSA) is 53.8 Å². The van der Waals surface area contributed by atoms with Gasteiger partial charge in [0.05, 0.1) is 6.54 Å². The number of Topliss-reactive ketones (excluding diaryl/α,β-unsaturated/α-hetero) is 1. The van der Waals surface area contributed by atoms with E-state index in [0.29, 0.717) is 24.7 Å². The molecule has 118 valence electrons. The second-order valence-corrected chi connectivity index (χ2v) is 8.43. The minimum atomic E-state index is -0.0787. The first-order valence-electron chi connectivity index (χ1n) is 8.56. The standard InChI is InChI=1S/C18H25N3O/c1-11-5-4-6-18(7-11)12-10-19-21-16(12)20-13-8-17(2,3)9-14(22)15(13)18/h11,20H,4-10H2,1-3H3/t11-,18-/m1/s1. The van der Waals surface area contributed by atoms with Gasteiger partial charge in [0.15, 0.2) is 11.6 Å². The summed E-state index contributed by atoms with van der Waals surface area (Å²) in [7, 11) is 0. The third kappa shape index (κ3) is 1.92. The highest BCUT2D eigenvalue weighted by atomic mass is 16.1. The summed E-state index contributed by atoms with van der Waals surface area (Å²) in [6, 6.07) is 0. The van der Waals surface area contributed by atoms with Crippen molar-refractivity contribution in [3.63, 3.8) is 0 Å². The van der Waals surface area contributed by atoms with Crippen LogP contribution in [0.1, 0.15) is 59.3 Å². The first-order valence-corrected chi connectivity index (χ1v) is 8.56. The second kappa shape index (κ2) is 4.53. The molecule has 0 aromatic heterocycles. The van der Waals surface area contributed by atoms with E-state index in [9.17, 15) is 4.79 Å². The molecule has 2 aliphatic carbocycles. The predicted molar refractivity (Wildman–Crippen MR) is 85.0 cm³/mol. The number of fused-ring (bicyclic) bond motifs is 2. The van der Waals surface area contributed by atoms with Crippen LogP contribution < -0.4 is 5.32 Å². The van der Waals surface area contributed by atoms with Crippen LogP contribution >= 0.6 is 0 Å². The van der Waals surface area contributed by atoms with Crippen molar-refractivity contribution in [2.75, 3.05) is 6.54 Å². The van der Waals surface area contributed by atoms with Crippen molar-refractivity contribution in [1.82, 2.24) is 5.32 Å². The minimum absolute atomic E-state index is 0.0399. The second-order valence-electron chi connectivity index (χ2n) is 8.43. The summed E-state index contributed by atoms with van der Waals surface area (Å²) in [5.74, 6) is 1.96. The molecule has 1 fully saturated rings. The summed E-state index contributed by atoms with van der Waals surface area (Å²) in [6.45, 7) is 7.37. The summed E-state index contributed by atoms with van der Waals surface area (Å²) in [5, 5.41) is 12.1. The van der Waals surface area contributed by atoms with Crippen LogP contribution in [0.15, 0.2) is 32.9 Å². The SMILES string of the molecule is C[C@@H]1CCC[C@@]2(C1)C1=C(N=NC1)NC1=C2C(=O)CC(C)(C)C1. The van der Waals surface area contributed by atoms with Crippen LogP contribution in [0.3, 0.4) is 0 Å². The number of nitrogens with zero attached hydrogens (tertiary/aromatic N) is 2. The number of carbonyl (C=O) groups is 1. The van der Waals surface area contributed by atoms with Gasteiger partial charge < -0.3 is 5.32 Å². The third-order valence-electron chi connectivity index (χ3n) is 5.88. The highest BCUT2D eigenvalue weighted by Gasteiger charge is 2.52. The first-order chi connectivity index (χ1) is 10.4. The van der Waals surface area contributed by atoms with Crippen LogP contribution in [0.25, 0.3) is 0 Å². The predicted octanol–water partition coefficient (Wildman–Crippen LogP) is 4.11. The van der Waals surface area contributed by atoms with E-state index < -0.39 is 0 Å². The number of azo groups is 1. The summed E-state index contributed by atoms with van der Waals surface area (Å²) < 4.78 is 0. The molecule has 0 saturated heterocycles. The Morgan fingerprint density at radius 1 is 1.27 bits per heavy atom. The Bertz CT molecular complexity index is 641. The molecule has 0 radical (unpaired) electrons. The molecule has 1 N–H and O–H groups in total. The molecule has 0 bridgehead atoms. The highest BCUT2D eigenvalue weighted by Crippen LogP contribution is 2.57. The van der Waals surface area contributed by atoms with E-state index in [1.165, 1.54) is 18.4 Å². The molecule has 2 aliphatic heterocycles. The van der Waals surface area contributed by atoms with Crippen LogP contribution in [-0.2, 0) is 4.79 Å². The van der Waals surface area contributed by atoms with Gasteiger partial charge in [0.1, 0.15) is 0 Å². The van der Waals surface area contributed by atoms with E-state index in [1.807, 2.05) is 0 Å². The number of dihydropyridines is 1. The minimum Gasteiger partial charge on any atom is -0.342 e. The number of carbonyl (C=O) groups excluding carboxylic acids is 1. The molecule has 0 amide bonds. The van der Waals surface area contributed by atoms with E-state index in [0.717, 1.165) is 36.4 Å². The first kappa shape index (κ1) is 14.2. The molecule has 1 spiro atoms. The molecule has 2 atom stereocenters. The highest BCUT2D eigenvalue weighted by molar-refractivity contribution is 6.00. The van der Waals surface area contributed by atoms with Crippen LogP contribution in [0.4, 0.5) is 0 Å². The monoisotopic (exact) mass is 299 g/mol. The van der Waals surface area contributed by atoms with Gasteiger partial charge in [-0.25, -0.2) is 0 Å². The van der Waals surface area contributed by atoms with E-state index in [4.69, 9.17) is 0 Å². The Kier molecular flexibility index (Phi) is 2.91. The molecule has 2 heterocycles. The van der Waals surface area contributed by atoms with Gasteiger partial charge in [0.25, 0.3) is 0 Å². The number of allylic oxidation sites excluding steroid dienone is 2. The summed E-state index contributed by atoms with van der Waals surface area (Å²) in [4.78, 5) is 13.0. The van der Waals surface area contributed by atoms with Crippen LogP contribution in [-0.4, -0.2) is 12.3 Å². The zero-order valence-corrected chi connectivity index (χ0v) is 13.8. The van der Waals surface area contributed by atoms with Crippen LogP contribution in [0.2, 0.25) is 0 Å². The van der Waals surface area contributed by atoms with Gasteiger partial charge in [-0.3, -0.25) is 4.79 Å². The molecular weight excluding hydrogens is 274 g/mol. The van der Waals surface area contributed by atoms with Crippen molar-refractivity contribution in [2.45, 2.75) is 59.3 Å². The van der Waals surface area contributed by atoms with Crippen LogP contribution in [0.5, 0.6) is 0 Å². The van der Waals surface area contributed by atoms with E-state index >= 15 is 0 Å². The zero-order chi connectivity index (χ0) is 15.5. The van der Waals surface area contributed by atoms with E-state index in [2.05, 4.69) is 36.3 Å². The van der Waals surface area contributed by atoms with Gasteiger partial charge in [-0.2, -0.15) is 5.11 Å². The molecule has 0 aromatic rings. The van der Waals surface area contributed by atoms with Crippen molar-refractivity contribution in [3.05, 3.63) is 22.7 Å². The summed E-state index contributed by atoms with van der Waals surface area (Å²) in [5.41, 5.74) is 3.47. The number of hydrogen-bond acceptors (Lipinski definition) is 4. The number of hydrogen-bond donors (Lipinski definition) is 1. The Labute approximate surface area is 132 Å². The van der Waals surface area contributed by atoms with Gasteiger partial charge in [0, 0.05) is 28.7 Å². The molecular formula is C18H25N3O. The lowest BCUT2D eigenvalue weighted by Crippen LogP contribution is -2.45. The third-order valence-corrected chi connectivity index (χ3v) is 5.88. The largest absolute Gasteiger partial charge is 0.342 e. The van der Waals surface area contributed by atoms with Crippen molar-refractivity contribution in [1.29, 1.82) is 0 Å².